The molecule has 1 N–H and O–H groups in total. The van der Waals surface area contributed by atoms with E-state index in [0.29, 0.717) is 13.0 Å². The lowest BCUT2D eigenvalue weighted by molar-refractivity contribution is -0.384. The number of rotatable bonds is 3. The number of amides is 1. The Balaban J connectivity index is 2.00. The maximum atomic E-state index is 12.2. The van der Waals surface area contributed by atoms with Crippen molar-refractivity contribution >= 4 is 11.6 Å². The summed E-state index contributed by atoms with van der Waals surface area (Å²) in [6, 6.07) is 6.35. The molecule has 0 saturated carbocycles. The van der Waals surface area contributed by atoms with E-state index < -0.39 is 4.92 Å². The third-order valence-corrected chi connectivity index (χ3v) is 3.32. The first-order chi connectivity index (χ1) is 9.08. The zero-order valence-corrected chi connectivity index (χ0v) is 10.8. The van der Waals surface area contributed by atoms with E-state index in [1.165, 1.54) is 12.1 Å². The molecule has 1 atom stereocenters. The van der Waals surface area contributed by atoms with Crippen LogP contribution >= 0.6 is 0 Å². The molecule has 1 unspecified atom stereocenters. The lowest BCUT2D eigenvalue weighted by atomic mass is 10.1. The first kappa shape index (κ1) is 13.5. The van der Waals surface area contributed by atoms with Crippen LogP contribution in [0.5, 0.6) is 0 Å². The molecule has 0 aromatic heterocycles. The van der Waals surface area contributed by atoms with Gasteiger partial charge in [-0.1, -0.05) is 12.1 Å². The fraction of sp³-hybridized carbons (Fsp3) is 0.462. The maximum Gasteiger partial charge on any atom is 0.269 e. The Labute approximate surface area is 111 Å². The van der Waals surface area contributed by atoms with Gasteiger partial charge in [0.25, 0.3) is 5.69 Å². The zero-order chi connectivity index (χ0) is 13.8. The van der Waals surface area contributed by atoms with Gasteiger partial charge in [-0.3, -0.25) is 14.9 Å². The van der Waals surface area contributed by atoms with Crippen LogP contribution in [0.15, 0.2) is 24.3 Å². The van der Waals surface area contributed by atoms with Gasteiger partial charge in [0.1, 0.15) is 0 Å². The van der Waals surface area contributed by atoms with Crippen molar-refractivity contribution in [2.75, 3.05) is 19.6 Å². The summed E-state index contributed by atoms with van der Waals surface area (Å²) < 4.78 is 0. The predicted molar refractivity (Wildman–Crippen MR) is 70.8 cm³/mol. The summed E-state index contributed by atoms with van der Waals surface area (Å²) >= 11 is 0. The number of nitro groups is 1. The number of carbonyl (C=O) groups excluding carboxylic acids is 1. The first-order valence-electron chi connectivity index (χ1n) is 6.31. The van der Waals surface area contributed by atoms with Crippen molar-refractivity contribution in [1.29, 1.82) is 0 Å². The van der Waals surface area contributed by atoms with Gasteiger partial charge >= 0.3 is 0 Å². The van der Waals surface area contributed by atoms with Crippen LogP contribution < -0.4 is 5.32 Å². The second kappa shape index (κ2) is 5.79. The van der Waals surface area contributed by atoms with Gasteiger partial charge in [0.05, 0.1) is 11.3 Å². The van der Waals surface area contributed by atoms with Gasteiger partial charge in [0.2, 0.25) is 5.91 Å². The summed E-state index contributed by atoms with van der Waals surface area (Å²) in [4.78, 5) is 24.1. The minimum Gasteiger partial charge on any atom is -0.337 e. The molecule has 1 fully saturated rings. The molecule has 6 heteroatoms. The zero-order valence-electron chi connectivity index (χ0n) is 10.8. The number of nitro benzene ring substituents is 1. The minimum atomic E-state index is -0.440. The lowest BCUT2D eigenvalue weighted by Crippen LogP contribution is -2.52. The normalized spacial score (nSPS) is 19.2. The number of non-ortho nitro benzene ring substituents is 1. The number of piperazine rings is 1. The highest BCUT2D eigenvalue weighted by atomic mass is 16.6. The highest BCUT2D eigenvalue weighted by molar-refractivity contribution is 5.79. The molecule has 0 spiro atoms. The predicted octanol–water partition coefficient (Wildman–Crippen LogP) is 0.958. The summed E-state index contributed by atoms with van der Waals surface area (Å²) in [7, 11) is 0. The van der Waals surface area contributed by atoms with Gasteiger partial charge in [-0.25, -0.2) is 0 Å². The smallest absolute Gasteiger partial charge is 0.269 e. The Morgan fingerprint density at radius 1 is 1.47 bits per heavy atom. The van der Waals surface area contributed by atoms with E-state index in [1.807, 2.05) is 11.8 Å². The summed E-state index contributed by atoms with van der Waals surface area (Å²) in [6.07, 6.45) is 0.294. The minimum absolute atomic E-state index is 0.0479. The fourth-order valence-corrected chi connectivity index (χ4v) is 2.22. The van der Waals surface area contributed by atoms with E-state index in [4.69, 9.17) is 0 Å². The summed E-state index contributed by atoms with van der Waals surface area (Å²) in [5.74, 6) is 0.0721. The standard InChI is InChI=1S/C13H17N3O3/c1-10-9-14-6-7-15(10)13(17)8-11-2-4-12(5-3-11)16(18)19/h2-5,10,14H,6-9H2,1H3. The van der Waals surface area contributed by atoms with Crippen molar-refractivity contribution in [3.05, 3.63) is 39.9 Å². The number of nitrogens with zero attached hydrogens (tertiary/aromatic N) is 2. The van der Waals surface area contributed by atoms with Crippen LogP contribution in [0, 0.1) is 10.1 Å². The third-order valence-electron chi connectivity index (χ3n) is 3.32. The van der Waals surface area contributed by atoms with E-state index in [-0.39, 0.29) is 17.6 Å². The molecule has 0 radical (unpaired) electrons. The van der Waals surface area contributed by atoms with Crippen LogP contribution in [0.4, 0.5) is 5.69 Å². The van der Waals surface area contributed by atoms with Crippen LogP contribution in [-0.2, 0) is 11.2 Å². The van der Waals surface area contributed by atoms with Gasteiger partial charge in [-0.15, -0.1) is 0 Å². The molecule has 1 heterocycles. The molecule has 1 saturated heterocycles. The number of nitrogens with one attached hydrogen (secondary N) is 1. The second-order valence-corrected chi connectivity index (χ2v) is 4.74. The van der Waals surface area contributed by atoms with E-state index in [0.717, 1.165) is 18.7 Å². The molecule has 19 heavy (non-hydrogen) atoms. The summed E-state index contributed by atoms with van der Waals surface area (Å²) in [5.41, 5.74) is 0.855. The highest BCUT2D eigenvalue weighted by Crippen LogP contribution is 2.14. The summed E-state index contributed by atoms with van der Waals surface area (Å²) in [5, 5.41) is 13.8. The molecule has 0 aliphatic carbocycles. The largest absolute Gasteiger partial charge is 0.337 e. The topological polar surface area (TPSA) is 75.5 Å². The average molecular weight is 263 g/mol. The van der Waals surface area contributed by atoms with Crippen molar-refractivity contribution in [2.24, 2.45) is 0 Å². The van der Waals surface area contributed by atoms with Gasteiger partial charge in [0, 0.05) is 37.8 Å². The molecule has 2 rings (SSSR count). The van der Waals surface area contributed by atoms with Crippen LogP contribution in [0.1, 0.15) is 12.5 Å². The van der Waals surface area contributed by atoms with Crippen LogP contribution in [-0.4, -0.2) is 41.4 Å². The Morgan fingerprint density at radius 2 is 2.16 bits per heavy atom. The van der Waals surface area contributed by atoms with Crippen molar-refractivity contribution < 1.29 is 9.72 Å². The fourth-order valence-electron chi connectivity index (χ4n) is 2.22. The van der Waals surface area contributed by atoms with E-state index >= 15 is 0 Å². The monoisotopic (exact) mass is 263 g/mol. The molecule has 1 aliphatic heterocycles. The lowest BCUT2D eigenvalue weighted by Gasteiger charge is -2.34. The Kier molecular flexibility index (Phi) is 4.11. The van der Waals surface area contributed by atoms with E-state index in [2.05, 4.69) is 5.32 Å². The van der Waals surface area contributed by atoms with Gasteiger partial charge in [-0.2, -0.15) is 0 Å². The van der Waals surface area contributed by atoms with Crippen molar-refractivity contribution in [3.8, 4) is 0 Å². The van der Waals surface area contributed by atoms with Gasteiger partial charge in [0.15, 0.2) is 0 Å². The van der Waals surface area contributed by atoms with E-state index in [9.17, 15) is 14.9 Å². The van der Waals surface area contributed by atoms with Crippen LogP contribution in [0.2, 0.25) is 0 Å². The highest BCUT2D eigenvalue weighted by Gasteiger charge is 2.22. The second-order valence-electron chi connectivity index (χ2n) is 4.74. The molecule has 1 aliphatic rings. The number of carbonyl (C=O) groups is 1. The van der Waals surface area contributed by atoms with Gasteiger partial charge < -0.3 is 10.2 Å². The third kappa shape index (κ3) is 3.29. The van der Waals surface area contributed by atoms with Crippen molar-refractivity contribution in [2.45, 2.75) is 19.4 Å². The van der Waals surface area contributed by atoms with Crippen LogP contribution in [0.3, 0.4) is 0 Å². The maximum absolute atomic E-state index is 12.2. The molecule has 6 nitrogen and oxygen atoms in total. The Bertz CT molecular complexity index is 473. The Hall–Kier alpha value is -1.95. The van der Waals surface area contributed by atoms with Gasteiger partial charge in [-0.05, 0) is 12.5 Å². The Morgan fingerprint density at radius 3 is 2.74 bits per heavy atom. The van der Waals surface area contributed by atoms with Crippen molar-refractivity contribution in [3.63, 3.8) is 0 Å². The quantitative estimate of drug-likeness (QED) is 0.651. The molecular weight excluding hydrogens is 246 g/mol. The molecule has 1 amide bonds. The van der Waals surface area contributed by atoms with E-state index in [1.54, 1.807) is 12.1 Å². The number of hydrogen-bond donors (Lipinski definition) is 1. The van der Waals surface area contributed by atoms with Crippen molar-refractivity contribution in [1.82, 2.24) is 10.2 Å². The SMILES string of the molecule is CC1CNCCN1C(=O)Cc1ccc([N+](=O)[O-])cc1. The first-order valence-corrected chi connectivity index (χ1v) is 6.31. The molecule has 0 bridgehead atoms. The number of hydrogen-bond acceptors (Lipinski definition) is 4. The molecule has 1 aromatic carbocycles. The molecular formula is C13H17N3O3. The summed E-state index contributed by atoms with van der Waals surface area (Å²) in [6.45, 7) is 4.36. The molecule has 1 aromatic rings. The van der Waals surface area contributed by atoms with Crippen LogP contribution in [0.25, 0.3) is 0 Å². The average Bonchev–Trinajstić information content (AvgIpc) is 2.39. The number of benzene rings is 1. The molecule has 102 valence electrons.